The number of hydrogen-bond acceptors (Lipinski definition) is 21. The van der Waals surface area contributed by atoms with Gasteiger partial charge in [-0.3, -0.25) is 57.5 Å². The standard InChI is InChI=1S/C20H32F3NO6.C18H28F3NO7.C14H24F3NO4.C12H23NO4.C7H16O/c1-3-5-6-7-8-11-29-18(27)12-15(13-24-19(28)20(21,22)23)14-30-17(26)10-9-16(25)4-2;1-2-3-4-5-6-9-28-16(26)10-13(11-22-17(27)18(19,20)21)12-29-15(25)8-7-14(23)24;1-2-3-4-5-6-7-22-12(20)8-11(10-19)9-18-13(21)14(15,16)17;1-2-3-4-5-6-7-17-11(15)8-10(9-14)12(13)16;1-2-3-4-5-6-7-8/h15H,3-14H2,1-2H3,(H,24,28);13H,2-12H2,1H3,(H,22,27)(H,23,24);11,19H,2-10H2,1H3,(H,18,21);10,14H,2-9H2,1H3,(H2,13,16);8H,2-7H2,1H3. The van der Waals surface area contributed by atoms with Crippen molar-refractivity contribution in [2.24, 2.45) is 29.4 Å². The predicted octanol–water partition coefficient (Wildman–Crippen LogP) is 11.2. The first-order chi connectivity index (χ1) is 50.0. The molecule has 622 valence electrons. The van der Waals surface area contributed by atoms with Gasteiger partial charge in [0, 0.05) is 63.4 Å². The van der Waals surface area contributed by atoms with E-state index in [1.165, 1.54) is 38.5 Å². The van der Waals surface area contributed by atoms with E-state index in [9.17, 15) is 97.0 Å². The largest absolute Gasteiger partial charge is 0.481 e. The first kappa shape index (κ1) is 108. The molecule has 4 amide bonds. The van der Waals surface area contributed by atoms with E-state index in [1.54, 1.807) is 22.9 Å². The van der Waals surface area contributed by atoms with Crippen LogP contribution in [0.4, 0.5) is 39.5 Å². The van der Waals surface area contributed by atoms with Crippen molar-refractivity contribution < 1.29 is 146 Å². The minimum absolute atomic E-state index is 0.00484. The van der Waals surface area contributed by atoms with E-state index in [2.05, 4.69) is 34.6 Å². The van der Waals surface area contributed by atoms with Crippen molar-refractivity contribution in [2.45, 2.75) is 278 Å². The highest BCUT2D eigenvalue weighted by Gasteiger charge is 2.41. The van der Waals surface area contributed by atoms with Gasteiger partial charge in [-0.05, 0) is 32.1 Å². The zero-order valence-corrected chi connectivity index (χ0v) is 63.0. The fourth-order valence-electron chi connectivity index (χ4n) is 8.47. The molecule has 4 atom stereocenters. The van der Waals surface area contributed by atoms with Crippen molar-refractivity contribution in [3.8, 4) is 0 Å². The summed E-state index contributed by atoms with van der Waals surface area (Å²) in [5.41, 5.74) is 5.00. The summed E-state index contributed by atoms with van der Waals surface area (Å²) in [7, 11) is 0. The second-order valence-electron chi connectivity index (χ2n) is 24.8. The maximum absolute atomic E-state index is 12.4. The van der Waals surface area contributed by atoms with Crippen LogP contribution in [0.2, 0.25) is 0 Å². The predicted molar refractivity (Wildman–Crippen MR) is 371 cm³/mol. The summed E-state index contributed by atoms with van der Waals surface area (Å²) in [6.45, 7) is 10.3. The number of Topliss-reactive ketones (excluding diaryl/α,β-unsaturated/α-hetero) is 1. The van der Waals surface area contributed by atoms with Gasteiger partial charge in [0.1, 0.15) is 5.78 Å². The molecule has 0 aromatic rings. The average Bonchev–Trinajstić information content (AvgIpc) is 0.918. The lowest BCUT2D eigenvalue weighted by Crippen LogP contribution is -2.40. The molecule has 0 rings (SSSR count). The molecule has 35 heteroatoms. The molecule has 0 saturated carbocycles. The molecule has 0 heterocycles. The number of carboxylic acid groups (broad SMARTS) is 1. The van der Waals surface area contributed by atoms with Crippen molar-refractivity contribution in [3.63, 3.8) is 0 Å². The van der Waals surface area contributed by atoms with Gasteiger partial charge in [-0.1, -0.05) is 170 Å². The Bertz CT molecular complexity index is 2350. The van der Waals surface area contributed by atoms with Crippen LogP contribution in [0.5, 0.6) is 0 Å². The summed E-state index contributed by atoms with van der Waals surface area (Å²) in [5.74, 6) is -15.8. The lowest BCUT2D eigenvalue weighted by atomic mass is 10.1. The third-order valence-corrected chi connectivity index (χ3v) is 14.9. The molecule has 4 unspecified atom stereocenters. The Kier molecular flexibility index (Phi) is 72.2. The second kappa shape index (κ2) is 71.0. The third-order valence-electron chi connectivity index (χ3n) is 14.9. The number of aliphatic hydroxyl groups is 3. The molecule has 0 aromatic carbocycles. The van der Waals surface area contributed by atoms with Crippen LogP contribution in [0.25, 0.3) is 0 Å². The minimum Gasteiger partial charge on any atom is -0.481 e. The molecule has 0 fully saturated rings. The Morgan fingerprint density at radius 3 is 0.896 bits per heavy atom. The number of rotatable bonds is 57. The fraction of sp³-hybridized carbons (Fsp3) is 0.831. The maximum Gasteiger partial charge on any atom is 0.471 e. The molecule has 0 spiro atoms. The summed E-state index contributed by atoms with van der Waals surface area (Å²) >= 11 is 0. The van der Waals surface area contributed by atoms with E-state index in [1.807, 2.05) is 0 Å². The van der Waals surface area contributed by atoms with Crippen LogP contribution in [-0.2, 0) is 86.0 Å². The van der Waals surface area contributed by atoms with Gasteiger partial charge < -0.3 is 70.5 Å². The third kappa shape index (κ3) is 75.3. The lowest BCUT2D eigenvalue weighted by Gasteiger charge is -2.18. The normalized spacial score (nSPS) is 12.1. The Morgan fingerprint density at radius 1 is 0.349 bits per heavy atom. The molecular weight excluding hydrogens is 1430 g/mol. The molecule has 0 aliphatic carbocycles. The highest BCUT2D eigenvalue weighted by Crippen LogP contribution is 2.19. The van der Waals surface area contributed by atoms with Gasteiger partial charge >= 0.3 is 78.0 Å². The van der Waals surface area contributed by atoms with Crippen LogP contribution in [0, 0.1) is 23.7 Å². The number of nitrogens with two attached hydrogens (primary N) is 1. The monoisotopic (exact) mass is 1550 g/mol. The molecule has 26 nitrogen and oxygen atoms in total. The Morgan fingerprint density at radius 2 is 0.632 bits per heavy atom. The Balaban J connectivity index is -0.000000420. The number of nitrogens with one attached hydrogen (secondary N) is 3. The smallest absolute Gasteiger partial charge is 0.471 e. The lowest BCUT2D eigenvalue weighted by molar-refractivity contribution is -0.174. The first-order valence-corrected chi connectivity index (χ1v) is 36.8. The summed E-state index contributed by atoms with van der Waals surface area (Å²) < 4.78 is 140. The highest BCUT2D eigenvalue weighted by atomic mass is 19.4. The van der Waals surface area contributed by atoms with E-state index >= 15 is 0 Å². The van der Waals surface area contributed by atoms with Gasteiger partial charge in [-0.2, -0.15) is 39.5 Å². The van der Waals surface area contributed by atoms with Gasteiger partial charge in [-0.15, -0.1) is 0 Å². The van der Waals surface area contributed by atoms with Crippen LogP contribution in [0.15, 0.2) is 0 Å². The molecule has 106 heavy (non-hydrogen) atoms. The molecular formula is C71H123F9N4O22. The quantitative estimate of drug-likeness (QED) is 0.0121. The Hall–Kier alpha value is -6.91. The molecule has 0 aliphatic rings. The van der Waals surface area contributed by atoms with Crippen LogP contribution in [0.1, 0.15) is 260 Å². The number of amides is 4. The number of primary amides is 1. The van der Waals surface area contributed by atoms with Crippen molar-refractivity contribution in [2.75, 3.05) is 79.1 Å². The number of halogens is 9. The molecule has 9 N–H and O–H groups in total. The number of hydrogen-bond donors (Lipinski definition) is 8. The number of esters is 6. The van der Waals surface area contributed by atoms with Crippen LogP contribution >= 0.6 is 0 Å². The zero-order valence-electron chi connectivity index (χ0n) is 63.0. The van der Waals surface area contributed by atoms with Gasteiger partial charge in [0.15, 0.2) is 0 Å². The Labute approximate surface area is 618 Å². The van der Waals surface area contributed by atoms with Crippen molar-refractivity contribution in [3.05, 3.63) is 0 Å². The number of alkyl halides is 9. The maximum atomic E-state index is 12.4. The van der Waals surface area contributed by atoms with Gasteiger partial charge in [0.05, 0.1) is 97.1 Å². The van der Waals surface area contributed by atoms with E-state index < -0.39 is 160 Å². The first-order valence-electron chi connectivity index (χ1n) is 36.8. The van der Waals surface area contributed by atoms with Gasteiger partial charge in [0.25, 0.3) is 0 Å². The number of carbonyl (C=O) groups is 12. The second-order valence-corrected chi connectivity index (χ2v) is 24.8. The number of carboxylic acids is 1. The number of aliphatic hydroxyl groups excluding tert-OH is 3. The minimum atomic E-state index is -5.08. The van der Waals surface area contributed by atoms with E-state index in [4.69, 9.17) is 54.6 Å². The topological polar surface area (TPSA) is 403 Å². The highest BCUT2D eigenvalue weighted by molar-refractivity contribution is 5.84. The number of ether oxygens (including phenoxy) is 6. The summed E-state index contributed by atoms with van der Waals surface area (Å²) in [4.78, 5) is 135. The molecule has 0 radical (unpaired) electrons. The van der Waals surface area contributed by atoms with Crippen molar-refractivity contribution in [1.29, 1.82) is 0 Å². The molecule has 0 aromatic heterocycles. The fourth-order valence-corrected chi connectivity index (χ4v) is 8.47. The number of carbonyl (C=O) groups excluding carboxylic acids is 11. The van der Waals surface area contributed by atoms with Crippen LogP contribution < -0.4 is 21.7 Å². The van der Waals surface area contributed by atoms with Gasteiger partial charge in [-0.25, -0.2) is 0 Å². The summed E-state index contributed by atoms with van der Waals surface area (Å²) in [6.07, 6.45) is 9.03. The summed E-state index contributed by atoms with van der Waals surface area (Å²) in [6, 6.07) is 0. The molecule has 0 bridgehead atoms. The van der Waals surface area contributed by atoms with Gasteiger partial charge in [0.2, 0.25) is 5.91 Å². The summed E-state index contributed by atoms with van der Waals surface area (Å²) in [5, 5.41) is 39.7. The van der Waals surface area contributed by atoms with E-state index in [0.29, 0.717) is 26.1 Å². The average molecular weight is 1560 g/mol. The zero-order chi connectivity index (χ0) is 81.6. The van der Waals surface area contributed by atoms with Crippen molar-refractivity contribution >= 4 is 71.2 Å². The molecule has 0 saturated heterocycles. The molecule has 0 aliphatic heterocycles. The SMILES string of the molecule is CCCCCCCO.CCCCCCCOC(=O)CC(CNC(=O)C(F)(F)F)COC(=O)CCC(=O)CC.CCCCCCCOC(=O)CC(CNC(=O)C(F)(F)F)COC(=O)CCC(=O)O.CCCCCCCOC(=O)CC(CO)C(N)=O.CCCCCCCOC(=O)CC(CO)CNC(=O)C(F)(F)F. The van der Waals surface area contributed by atoms with E-state index in [0.717, 1.165) is 109 Å². The number of ketones is 1. The number of unbranched alkanes of at least 4 members (excludes halogenated alkanes) is 20. The van der Waals surface area contributed by atoms with Crippen LogP contribution in [-0.4, -0.2) is 189 Å². The van der Waals surface area contributed by atoms with Crippen LogP contribution in [0.3, 0.4) is 0 Å². The number of aliphatic carboxylic acids is 1. The van der Waals surface area contributed by atoms with E-state index in [-0.39, 0.29) is 77.2 Å². The van der Waals surface area contributed by atoms with Crippen molar-refractivity contribution in [1.82, 2.24) is 16.0 Å².